The minimum Gasteiger partial charge on any atom is -0.352 e. The number of carbonyl (C=O) groups is 2. The van der Waals surface area contributed by atoms with Crippen molar-refractivity contribution in [3.63, 3.8) is 0 Å². The maximum Gasteiger partial charge on any atom is 0.264 e. The lowest BCUT2D eigenvalue weighted by Crippen LogP contribution is -2.53. The molecule has 1 atom stereocenters. The molecule has 1 saturated carbocycles. The van der Waals surface area contributed by atoms with Crippen molar-refractivity contribution in [2.75, 3.05) is 10.8 Å². The second-order valence-corrected chi connectivity index (χ2v) is 13.1. The van der Waals surface area contributed by atoms with Gasteiger partial charge in [-0.15, -0.1) is 0 Å². The first-order chi connectivity index (χ1) is 19.5. The second kappa shape index (κ2) is 13.3. The van der Waals surface area contributed by atoms with E-state index in [2.05, 4.69) is 5.32 Å². The summed E-state index contributed by atoms with van der Waals surface area (Å²) >= 11 is 0. The Morgan fingerprint density at radius 1 is 0.854 bits per heavy atom. The molecule has 1 aliphatic carbocycles. The highest BCUT2D eigenvalue weighted by molar-refractivity contribution is 7.92. The standard InChI is InChI=1S/C33H41N3O4S/c1-24-13-17-28(18-14-24)22-35(27(4)33(38)34-29-10-6-5-7-11-29)32(37)23-36(30-12-8-9-26(3)21-30)41(39,40)31-19-15-25(2)16-20-31/h8-9,12-21,27,29H,5-7,10-11,22-23H2,1-4H3,(H,34,38)/t27-/m1/s1. The lowest BCUT2D eigenvalue weighted by molar-refractivity contribution is -0.139. The second-order valence-electron chi connectivity index (χ2n) is 11.2. The predicted octanol–water partition coefficient (Wildman–Crippen LogP) is 5.67. The first-order valence-electron chi connectivity index (χ1n) is 14.4. The van der Waals surface area contributed by atoms with Crippen molar-refractivity contribution in [2.45, 2.75) is 83.3 Å². The van der Waals surface area contributed by atoms with E-state index in [-0.39, 0.29) is 23.4 Å². The number of hydrogen-bond acceptors (Lipinski definition) is 4. The molecule has 1 aliphatic rings. The molecule has 0 heterocycles. The molecule has 4 rings (SSSR count). The van der Waals surface area contributed by atoms with E-state index in [1.165, 1.54) is 11.3 Å². The number of carbonyl (C=O) groups excluding carboxylic acids is 2. The van der Waals surface area contributed by atoms with Crippen LogP contribution in [0.25, 0.3) is 0 Å². The summed E-state index contributed by atoms with van der Waals surface area (Å²) < 4.78 is 29.1. The quantitative estimate of drug-likeness (QED) is 0.337. The third kappa shape index (κ3) is 7.76. The Kier molecular flexibility index (Phi) is 9.86. The maximum absolute atomic E-state index is 14.1. The number of amides is 2. The van der Waals surface area contributed by atoms with Gasteiger partial charge in [0.05, 0.1) is 10.6 Å². The summed E-state index contributed by atoms with van der Waals surface area (Å²) in [6, 6.07) is 20.8. The zero-order chi connectivity index (χ0) is 29.6. The Morgan fingerprint density at radius 2 is 1.46 bits per heavy atom. The molecular formula is C33H41N3O4S. The van der Waals surface area contributed by atoms with Crippen LogP contribution >= 0.6 is 0 Å². The van der Waals surface area contributed by atoms with Gasteiger partial charge < -0.3 is 10.2 Å². The third-order valence-corrected chi connectivity index (χ3v) is 9.56. The van der Waals surface area contributed by atoms with E-state index < -0.39 is 28.5 Å². The van der Waals surface area contributed by atoms with Crippen LogP contribution in [0.4, 0.5) is 5.69 Å². The molecule has 7 nitrogen and oxygen atoms in total. The summed E-state index contributed by atoms with van der Waals surface area (Å²) in [6.07, 6.45) is 5.19. The van der Waals surface area contributed by atoms with Gasteiger partial charge in [0.1, 0.15) is 12.6 Å². The number of nitrogens with zero attached hydrogens (tertiary/aromatic N) is 2. The summed E-state index contributed by atoms with van der Waals surface area (Å²) in [7, 11) is -4.08. The number of rotatable bonds is 10. The van der Waals surface area contributed by atoms with E-state index in [4.69, 9.17) is 0 Å². The van der Waals surface area contributed by atoms with Crippen molar-refractivity contribution < 1.29 is 18.0 Å². The van der Waals surface area contributed by atoms with Crippen LogP contribution in [0, 0.1) is 20.8 Å². The molecule has 1 N–H and O–H groups in total. The topological polar surface area (TPSA) is 86.8 Å². The maximum atomic E-state index is 14.1. The summed E-state index contributed by atoms with van der Waals surface area (Å²) in [6.45, 7) is 7.22. The van der Waals surface area contributed by atoms with Crippen molar-refractivity contribution in [1.82, 2.24) is 10.2 Å². The summed E-state index contributed by atoms with van der Waals surface area (Å²) in [4.78, 5) is 29.1. The SMILES string of the molecule is Cc1ccc(CN(C(=O)CN(c2cccc(C)c2)S(=O)(=O)c2ccc(C)cc2)[C@H](C)C(=O)NC2CCCCC2)cc1. The number of benzene rings is 3. The number of sulfonamides is 1. The van der Waals surface area contributed by atoms with E-state index in [0.717, 1.165) is 52.2 Å². The summed E-state index contributed by atoms with van der Waals surface area (Å²) in [5.74, 6) is -0.671. The third-order valence-electron chi connectivity index (χ3n) is 7.77. The highest BCUT2D eigenvalue weighted by Crippen LogP contribution is 2.26. The number of anilines is 1. The Labute approximate surface area is 244 Å². The van der Waals surface area contributed by atoms with Gasteiger partial charge in [-0.2, -0.15) is 0 Å². The zero-order valence-corrected chi connectivity index (χ0v) is 25.3. The Hall–Kier alpha value is -3.65. The minimum atomic E-state index is -4.08. The van der Waals surface area contributed by atoms with E-state index in [0.29, 0.717) is 5.69 Å². The van der Waals surface area contributed by atoms with Gasteiger partial charge in [0.15, 0.2) is 0 Å². The molecule has 3 aromatic carbocycles. The number of nitrogens with one attached hydrogen (secondary N) is 1. The highest BCUT2D eigenvalue weighted by Gasteiger charge is 2.33. The predicted molar refractivity (Wildman–Crippen MR) is 163 cm³/mol. The van der Waals surface area contributed by atoms with Gasteiger partial charge in [0.2, 0.25) is 11.8 Å². The average molecular weight is 576 g/mol. The van der Waals surface area contributed by atoms with Crippen LogP contribution < -0.4 is 9.62 Å². The van der Waals surface area contributed by atoms with Crippen molar-refractivity contribution in [3.8, 4) is 0 Å². The van der Waals surface area contributed by atoms with Gasteiger partial charge >= 0.3 is 0 Å². The van der Waals surface area contributed by atoms with E-state index >= 15 is 0 Å². The van der Waals surface area contributed by atoms with Crippen LogP contribution in [0.3, 0.4) is 0 Å². The molecule has 1 fully saturated rings. The van der Waals surface area contributed by atoms with Gasteiger partial charge in [0.25, 0.3) is 10.0 Å². The number of hydrogen-bond donors (Lipinski definition) is 1. The van der Waals surface area contributed by atoms with E-state index in [1.54, 1.807) is 49.4 Å². The molecule has 3 aromatic rings. The molecular weight excluding hydrogens is 534 g/mol. The van der Waals surface area contributed by atoms with Gasteiger partial charge in [0, 0.05) is 12.6 Å². The molecule has 41 heavy (non-hydrogen) atoms. The van der Waals surface area contributed by atoms with Crippen LogP contribution in [0.2, 0.25) is 0 Å². The fourth-order valence-electron chi connectivity index (χ4n) is 5.19. The molecule has 8 heteroatoms. The van der Waals surface area contributed by atoms with Gasteiger partial charge in [-0.05, 0) is 75.9 Å². The van der Waals surface area contributed by atoms with E-state index in [9.17, 15) is 18.0 Å². The first kappa shape index (κ1) is 30.3. The Balaban J connectivity index is 1.67. The first-order valence-corrected chi connectivity index (χ1v) is 15.8. The van der Waals surface area contributed by atoms with Crippen LogP contribution in [0.5, 0.6) is 0 Å². The Bertz CT molecular complexity index is 1450. The minimum absolute atomic E-state index is 0.0979. The smallest absolute Gasteiger partial charge is 0.264 e. The van der Waals surface area contributed by atoms with Crippen molar-refractivity contribution in [2.24, 2.45) is 0 Å². The molecule has 0 radical (unpaired) electrons. The molecule has 0 aliphatic heterocycles. The van der Waals surface area contributed by atoms with Crippen molar-refractivity contribution in [1.29, 1.82) is 0 Å². The van der Waals surface area contributed by atoms with Crippen molar-refractivity contribution >= 4 is 27.5 Å². The molecule has 0 unspecified atom stereocenters. The molecule has 218 valence electrons. The zero-order valence-electron chi connectivity index (χ0n) is 24.5. The lowest BCUT2D eigenvalue weighted by Gasteiger charge is -2.33. The average Bonchev–Trinajstić information content (AvgIpc) is 2.95. The monoisotopic (exact) mass is 575 g/mol. The van der Waals surface area contributed by atoms with Crippen LogP contribution in [-0.2, 0) is 26.2 Å². The van der Waals surface area contributed by atoms with Gasteiger partial charge in [-0.3, -0.25) is 13.9 Å². The lowest BCUT2D eigenvalue weighted by atomic mass is 9.95. The normalized spacial score (nSPS) is 14.7. The molecule has 0 saturated heterocycles. The van der Waals surface area contributed by atoms with Crippen LogP contribution in [-0.4, -0.2) is 43.8 Å². The fraction of sp³-hybridized carbons (Fsp3) is 0.394. The van der Waals surface area contributed by atoms with Gasteiger partial charge in [-0.25, -0.2) is 8.42 Å². The summed E-state index contributed by atoms with van der Waals surface area (Å²) in [5.41, 5.74) is 4.16. The number of aryl methyl sites for hydroxylation is 3. The molecule has 0 aromatic heterocycles. The highest BCUT2D eigenvalue weighted by atomic mass is 32.2. The van der Waals surface area contributed by atoms with Gasteiger partial charge in [-0.1, -0.05) is 78.9 Å². The largest absolute Gasteiger partial charge is 0.352 e. The fourth-order valence-corrected chi connectivity index (χ4v) is 6.60. The van der Waals surface area contributed by atoms with E-state index in [1.807, 2.05) is 51.1 Å². The van der Waals surface area contributed by atoms with Crippen LogP contribution in [0.1, 0.15) is 61.3 Å². The molecule has 0 spiro atoms. The van der Waals surface area contributed by atoms with Crippen molar-refractivity contribution in [3.05, 3.63) is 95.1 Å². The van der Waals surface area contributed by atoms with Crippen LogP contribution in [0.15, 0.2) is 77.7 Å². The molecule has 0 bridgehead atoms. The Morgan fingerprint density at radius 3 is 2.07 bits per heavy atom. The summed E-state index contributed by atoms with van der Waals surface area (Å²) in [5, 5.41) is 3.14. The molecule has 2 amide bonds.